The summed E-state index contributed by atoms with van der Waals surface area (Å²) in [5.41, 5.74) is 12.5. The highest BCUT2D eigenvalue weighted by Crippen LogP contribution is 2.49. The second kappa shape index (κ2) is 14.1. The lowest BCUT2D eigenvalue weighted by atomic mass is 9.92. The van der Waals surface area contributed by atoms with Crippen molar-refractivity contribution in [3.05, 3.63) is 218 Å². The predicted octanol–water partition coefficient (Wildman–Crippen LogP) is 15.4. The van der Waals surface area contributed by atoms with E-state index in [9.17, 15) is 0 Å². The van der Waals surface area contributed by atoms with Crippen molar-refractivity contribution in [2.24, 2.45) is 0 Å². The molecular formula is C55H36N2O. The van der Waals surface area contributed by atoms with E-state index in [2.05, 4.69) is 223 Å². The molecule has 0 fully saturated rings. The number of nitrogens with zero attached hydrogens (tertiary/aromatic N) is 2. The van der Waals surface area contributed by atoms with Crippen molar-refractivity contribution in [2.45, 2.75) is 0 Å². The van der Waals surface area contributed by atoms with E-state index < -0.39 is 0 Å². The Kier molecular flexibility index (Phi) is 8.15. The van der Waals surface area contributed by atoms with E-state index in [1.165, 1.54) is 21.7 Å². The van der Waals surface area contributed by atoms with Gasteiger partial charge in [-0.25, -0.2) is 4.98 Å². The average Bonchev–Trinajstić information content (AvgIpc) is 3.75. The zero-order chi connectivity index (χ0) is 38.4. The van der Waals surface area contributed by atoms with Gasteiger partial charge in [-0.3, -0.25) is 0 Å². The Morgan fingerprint density at radius 2 is 0.931 bits per heavy atom. The molecule has 0 radical (unpaired) electrons. The lowest BCUT2D eigenvalue weighted by Gasteiger charge is -2.31. The van der Waals surface area contributed by atoms with Crippen LogP contribution in [0.25, 0.3) is 88.3 Å². The van der Waals surface area contributed by atoms with Gasteiger partial charge in [-0.05, 0) is 91.6 Å². The molecule has 0 spiro atoms. The molecule has 0 saturated carbocycles. The van der Waals surface area contributed by atoms with Crippen LogP contribution in [-0.4, -0.2) is 4.98 Å². The lowest BCUT2D eigenvalue weighted by Crippen LogP contribution is -2.13. The summed E-state index contributed by atoms with van der Waals surface area (Å²) >= 11 is 0. The van der Waals surface area contributed by atoms with Crippen molar-refractivity contribution in [1.82, 2.24) is 4.98 Å². The fourth-order valence-corrected chi connectivity index (χ4v) is 8.52. The molecule has 0 aliphatic heterocycles. The van der Waals surface area contributed by atoms with Crippen LogP contribution in [0.15, 0.2) is 223 Å². The summed E-state index contributed by atoms with van der Waals surface area (Å²) in [6, 6.07) is 77.8. The fourth-order valence-electron chi connectivity index (χ4n) is 8.52. The molecular weight excluding hydrogens is 705 g/mol. The standard InChI is InChI=1S/C55H36N2O/c1-3-16-39(17-4-1)47-25-11-12-27-49(47)57(50-33-31-43(36-48(50)40-18-5-2-6-19-40)46-26-13-22-38-20-9-10-24-45(38)46)51-28-14-23-41-32-34-52-54(53(41)51)56-55(58-52)44-30-29-37-15-7-8-21-42(37)35-44/h1-36H. The van der Waals surface area contributed by atoms with Gasteiger partial charge in [0.05, 0.1) is 17.1 Å². The Morgan fingerprint density at radius 3 is 1.78 bits per heavy atom. The van der Waals surface area contributed by atoms with E-state index in [-0.39, 0.29) is 0 Å². The van der Waals surface area contributed by atoms with Crippen LogP contribution in [-0.2, 0) is 0 Å². The zero-order valence-corrected chi connectivity index (χ0v) is 31.6. The molecule has 11 rings (SSSR count). The Bertz CT molecular complexity index is 3290. The van der Waals surface area contributed by atoms with Crippen molar-refractivity contribution >= 4 is 60.5 Å². The Morgan fingerprint density at radius 1 is 0.345 bits per heavy atom. The highest BCUT2D eigenvalue weighted by atomic mass is 16.3. The van der Waals surface area contributed by atoms with Gasteiger partial charge in [0.2, 0.25) is 5.89 Å². The molecule has 1 aromatic heterocycles. The summed E-state index contributed by atoms with van der Waals surface area (Å²) in [7, 11) is 0. The van der Waals surface area contributed by atoms with Gasteiger partial charge in [0.15, 0.2) is 5.58 Å². The predicted molar refractivity (Wildman–Crippen MR) is 243 cm³/mol. The number of hydrogen-bond donors (Lipinski definition) is 0. The van der Waals surface area contributed by atoms with Gasteiger partial charge in [0, 0.05) is 22.1 Å². The quantitative estimate of drug-likeness (QED) is 0.163. The van der Waals surface area contributed by atoms with E-state index in [0.29, 0.717) is 5.89 Å². The van der Waals surface area contributed by atoms with E-state index >= 15 is 0 Å². The van der Waals surface area contributed by atoms with Crippen LogP contribution in [0.5, 0.6) is 0 Å². The van der Waals surface area contributed by atoms with Gasteiger partial charge >= 0.3 is 0 Å². The monoisotopic (exact) mass is 740 g/mol. The van der Waals surface area contributed by atoms with Gasteiger partial charge < -0.3 is 9.32 Å². The van der Waals surface area contributed by atoms with Gasteiger partial charge in [0.1, 0.15) is 5.52 Å². The van der Waals surface area contributed by atoms with Crippen LogP contribution < -0.4 is 4.90 Å². The molecule has 3 heteroatoms. The summed E-state index contributed by atoms with van der Waals surface area (Å²) in [6.45, 7) is 0. The molecule has 0 N–H and O–H groups in total. The third-order valence-corrected chi connectivity index (χ3v) is 11.3. The first-order valence-electron chi connectivity index (χ1n) is 19.7. The molecule has 0 atom stereocenters. The number of benzene rings is 10. The van der Waals surface area contributed by atoms with E-state index in [1.54, 1.807) is 0 Å². The molecule has 10 aromatic carbocycles. The minimum Gasteiger partial charge on any atom is -0.436 e. The summed E-state index contributed by atoms with van der Waals surface area (Å²) < 4.78 is 6.61. The summed E-state index contributed by atoms with van der Waals surface area (Å²) in [5, 5.41) is 6.89. The molecule has 0 amide bonds. The van der Waals surface area contributed by atoms with Crippen LogP contribution in [0.2, 0.25) is 0 Å². The van der Waals surface area contributed by atoms with Gasteiger partial charge in [0.25, 0.3) is 0 Å². The maximum absolute atomic E-state index is 6.61. The molecule has 0 unspecified atom stereocenters. The second-order valence-electron chi connectivity index (χ2n) is 14.7. The Hall–Kier alpha value is -7.75. The SMILES string of the molecule is c1ccc(-c2ccccc2N(c2ccc(-c3cccc4ccccc34)cc2-c2ccccc2)c2cccc3ccc4oc(-c5ccc6ccccc6c5)nc4c23)cc1. The highest BCUT2D eigenvalue weighted by Gasteiger charge is 2.25. The van der Waals surface area contributed by atoms with E-state index in [0.717, 1.165) is 77.7 Å². The molecule has 3 nitrogen and oxygen atoms in total. The molecule has 0 aliphatic rings. The van der Waals surface area contributed by atoms with Crippen LogP contribution in [0.1, 0.15) is 0 Å². The number of oxazole rings is 1. The number of aromatic nitrogens is 1. The minimum absolute atomic E-state index is 0.601. The highest BCUT2D eigenvalue weighted by molar-refractivity contribution is 6.14. The smallest absolute Gasteiger partial charge is 0.227 e. The summed E-state index contributed by atoms with van der Waals surface area (Å²) in [4.78, 5) is 7.73. The third-order valence-electron chi connectivity index (χ3n) is 11.3. The second-order valence-corrected chi connectivity index (χ2v) is 14.7. The zero-order valence-electron chi connectivity index (χ0n) is 31.6. The van der Waals surface area contributed by atoms with Crippen molar-refractivity contribution in [1.29, 1.82) is 0 Å². The molecule has 0 saturated heterocycles. The summed E-state index contributed by atoms with van der Waals surface area (Å²) in [6.07, 6.45) is 0. The largest absolute Gasteiger partial charge is 0.436 e. The van der Waals surface area contributed by atoms with Crippen LogP contribution >= 0.6 is 0 Å². The van der Waals surface area contributed by atoms with Gasteiger partial charge in [-0.1, -0.05) is 176 Å². The maximum atomic E-state index is 6.61. The summed E-state index contributed by atoms with van der Waals surface area (Å²) in [5.74, 6) is 0.601. The number of fused-ring (bicyclic) bond motifs is 5. The van der Waals surface area contributed by atoms with Crippen LogP contribution in [0.3, 0.4) is 0 Å². The van der Waals surface area contributed by atoms with E-state index in [1.807, 2.05) is 0 Å². The molecule has 0 bridgehead atoms. The number of para-hydroxylation sites is 1. The molecule has 0 aliphatic carbocycles. The lowest BCUT2D eigenvalue weighted by molar-refractivity contribution is 0.620. The first kappa shape index (κ1) is 33.6. The molecule has 58 heavy (non-hydrogen) atoms. The van der Waals surface area contributed by atoms with Crippen molar-refractivity contribution in [2.75, 3.05) is 4.90 Å². The average molecular weight is 741 g/mol. The Balaban J connectivity index is 1.20. The van der Waals surface area contributed by atoms with E-state index in [4.69, 9.17) is 9.40 Å². The normalized spacial score (nSPS) is 11.4. The fraction of sp³-hybridized carbons (Fsp3) is 0. The first-order valence-corrected chi connectivity index (χ1v) is 19.7. The number of hydrogen-bond acceptors (Lipinski definition) is 3. The maximum Gasteiger partial charge on any atom is 0.227 e. The van der Waals surface area contributed by atoms with Crippen molar-refractivity contribution in [3.63, 3.8) is 0 Å². The third kappa shape index (κ3) is 5.80. The van der Waals surface area contributed by atoms with Gasteiger partial charge in [-0.15, -0.1) is 0 Å². The molecule has 1 heterocycles. The van der Waals surface area contributed by atoms with Crippen molar-refractivity contribution in [3.8, 4) is 44.8 Å². The number of rotatable bonds is 7. The van der Waals surface area contributed by atoms with Crippen molar-refractivity contribution < 1.29 is 4.42 Å². The first-order chi connectivity index (χ1) is 28.8. The van der Waals surface area contributed by atoms with Crippen LogP contribution in [0.4, 0.5) is 17.1 Å². The molecule has 11 aromatic rings. The van der Waals surface area contributed by atoms with Crippen LogP contribution in [0, 0.1) is 0 Å². The molecule has 272 valence electrons. The topological polar surface area (TPSA) is 29.3 Å². The minimum atomic E-state index is 0.601. The van der Waals surface area contributed by atoms with Gasteiger partial charge in [-0.2, -0.15) is 0 Å². The number of anilines is 3. The Labute approximate surface area is 336 Å².